The van der Waals surface area contributed by atoms with Crippen molar-refractivity contribution in [1.29, 1.82) is 0 Å². The highest BCUT2D eigenvalue weighted by atomic mass is 19.1. The van der Waals surface area contributed by atoms with Gasteiger partial charge in [0.05, 0.1) is 0 Å². The molecule has 7 heteroatoms. The maximum atomic E-state index is 13.2. The standard InChI is InChI=1S/C26H23FN2O4/c1-18(26(32)33-17-20-8-4-2-5-9-20)28-25(31)23(16-19-12-14-22(27)15-13-19)29-24(30)21-10-6-3-7-11-21/h2-16,18H,17H2,1H3,(H,28,31)(H,29,30)/b23-16+/t18-/m1/s1. The molecule has 168 valence electrons. The molecule has 0 aliphatic heterocycles. The lowest BCUT2D eigenvalue weighted by molar-refractivity contribution is -0.148. The first-order valence-corrected chi connectivity index (χ1v) is 10.3. The van der Waals surface area contributed by atoms with Crippen molar-refractivity contribution >= 4 is 23.9 Å². The third-order valence-electron chi connectivity index (χ3n) is 4.63. The van der Waals surface area contributed by atoms with E-state index in [0.717, 1.165) is 5.56 Å². The average molecular weight is 446 g/mol. The van der Waals surface area contributed by atoms with Crippen LogP contribution in [0.25, 0.3) is 6.08 Å². The van der Waals surface area contributed by atoms with Gasteiger partial charge in [0.25, 0.3) is 11.8 Å². The van der Waals surface area contributed by atoms with Crippen molar-refractivity contribution in [3.63, 3.8) is 0 Å². The van der Waals surface area contributed by atoms with Gasteiger partial charge in [-0.15, -0.1) is 0 Å². The van der Waals surface area contributed by atoms with Gasteiger partial charge in [-0.05, 0) is 48.4 Å². The van der Waals surface area contributed by atoms with Crippen molar-refractivity contribution in [3.05, 3.63) is 113 Å². The van der Waals surface area contributed by atoms with E-state index in [0.29, 0.717) is 11.1 Å². The number of hydrogen-bond donors (Lipinski definition) is 2. The highest BCUT2D eigenvalue weighted by Crippen LogP contribution is 2.10. The van der Waals surface area contributed by atoms with Crippen LogP contribution in [0, 0.1) is 5.82 Å². The Morgan fingerprint density at radius 1 is 0.909 bits per heavy atom. The molecule has 0 aliphatic carbocycles. The van der Waals surface area contributed by atoms with Crippen molar-refractivity contribution in [2.75, 3.05) is 0 Å². The lowest BCUT2D eigenvalue weighted by Crippen LogP contribution is -2.43. The summed E-state index contributed by atoms with van der Waals surface area (Å²) in [6.45, 7) is 1.56. The lowest BCUT2D eigenvalue weighted by Gasteiger charge is -2.16. The summed E-state index contributed by atoms with van der Waals surface area (Å²) < 4.78 is 18.5. The molecule has 0 spiro atoms. The minimum absolute atomic E-state index is 0.0723. The fourth-order valence-corrected chi connectivity index (χ4v) is 2.86. The number of hydrogen-bond acceptors (Lipinski definition) is 4. The zero-order valence-electron chi connectivity index (χ0n) is 18.0. The van der Waals surface area contributed by atoms with Crippen LogP contribution in [0.5, 0.6) is 0 Å². The molecule has 0 saturated heterocycles. The molecule has 0 fully saturated rings. The van der Waals surface area contributed by atoms with Gasteiger partial charge in [0.2, 0.25) is 0 Å². The second-order valence-corrected chi connectivity index (χ2v) is 7.22. The number of carbonyl (C=O) groups is 3. The number of rotatable bonds is 8. The molecule has 2 N–H and O–H groups in total. The zero-order valence-corrected chi connectivity index (χ0v) is 18.0. The molecule has 0 saturated carbocycles. The molecule has 0 aliphatic rings. The molecule has 3 rings (SSSR count). The number of carbonyl (C=O) groups excluding carboxylic acids is 3. The van der Waals surface area contributed by atoms with Crippen molar-refractivity contribution < 1.29 is 23.5 Å². The summed E-state index contributed by atoms with van der Waals surface area (Å²) >= 11 is 0. The molecule has 0 unspecified atom stereocenters. The van der Waals surface area contributed by atoms with Gasteiger partial charge in [-0.25, -0.2) is 9.18 Å². The van der Waals surface area contributed by atoms with Crippen LogP contribution in [0.15, 0.2) is 90.6 Å². The summed E-state index contributed by atoms with van der Waals surface area (Å²) in [5.74, 6) is -2.24. The molecule has 3 aromatic carbocycles. The second kappa shape index (κ2) is 11.4. The molecular weight excluding hydrogens is 423 g/mol. The summed E-state index contributed by atoms with van der Waals surface area (Å²) in [4.78, 5) is 37.8. The van der Waals surface area contributed by atoms with Gasteiger partial charge in [-0.1, -0.05) is 60.7 Å². The van der Waals surface area contributed by atoms with Gasteiger partial charge < -0.3 is 15.4 Å². The summed E-state index contributed by atoms with van der Waals surface area (Å²) in [5, 5.41) is 5.10. The van der Waals surface area contributed by atoms with E-state index in [1.165, 1.54) is 37.3 Å². The van der Waals surface area contributed by atoms with E-state index in [1.54, 1.807) is 30.3 Å². The maximum Gasteiger partial charge on any atom is 0.328 e. The van der Waals surface area contributed by atoms with Crippen LogP contribution in [0.2, 0.25) is 0 Å². The number of benzene rings is 3. The van der Waals surface area contributed by atoms with E-state index < -0.39 is 29.6 Å². The lowest BCUT2D eigenvalue weighted by atomic mass is 10.1. The number of amides is 2. The predicted octanol–water partition coefficient (Wildman–Crippen LogP) is 3.84. The third-order valence-corrected chi connectivity index (χ3v) is 4.63. The summed E-state index contributed by atoms with van der Waals surface area (Å²) in [6.07, 6.45) is 1.40. The Kier molecular flexibility index (Phi) is 8.07. The first-order valence-electron chi connectivity index (χ1n) is 10.3. The van der Waals surface area contributed by atoms with Crippen LogP contribution in [0.4, 0.5) is 4.39 Å². The fourth-order valence-electron chi connectivity index (χ4n) is 2.86. The zero-order chi connectivity index (χ0) is 23.6. The van der Waals surface area contributed by atoms with Gasteiger partial charge >= 0.3 is 5.97 Å². The van der Waals surface area contributed by atoms with E-state index in [9.17, 15) is 18.8 Å². The van der Waals surface area contributed by atoms with E-state index in [4.69, 9.17) is 4.74 Å². The number of ether oxygens (including phenoxy) is 1. The average Bonchev–Trinajstić information content (AvgIpc) is 2.84. The Morgan fingerprint density at radius 2 is 1.52 bits per heavy atom. The molecule has 2 amide bonds. The van der Waals surface area contributed by atoms with Gasteiger partial charge in [0.15, 0.2) is 0 Å². The van der Waals surface area contributed by atoms with Crippen LogP contribution < -0.4 is 10.6 Å². The van der Waals surface area contributed by atoms with Crippen LogP contribution in [-0.2, 0) is 20.9 Å². The molecule has 0 aromatic heterocycles. The summed E-state index contributed by atoms with van der Waals surface area (Å²) in [5.41, 5.74) is 1.56. The maximum absolute atomic E-state index is 13.2. The van der Waals surface area contributed by atoms with Crippen LogP contribution in [0.1, 0.15) is 28.4 Å². The molecule has 1 atom stereocenters. The number of esters is 1. The van der Waals surface area contributed by atoms with Crippen molar-refractivity contribution in [2.24, 2.45) is 0 Å². The SMILES string of the molecule is C[C@@H](NC(=O)/C(=C\c1ccc(F)cc1)NC(=O)c1ccccc1)C(=O)OCc1ccccc1. The van der Waals surface area contributed by atoms with Crippen molar-refractivity contribution in [1.82, 2.24) is 10.6 Å². The minimum atomic E-state index is -0.966. The van der Waals surface area contributed by atoms with Gasteiger partial charge in [-0.2, -0.15) is 0 Å². The first kappa shape index (κ1) is 23.4. The topological polar surface area (TPSA) is 84.5 Å². The summed E-state index contributed by atoms with van der Waals surface area (Å²) in [6, 6.07) is 22.0. The largest absolute Gasteiger partial charge is 0.459 e. The first-order chi connectivity index (χ1) is 15.9. The Labute approximate surface area is 191 Å². The minimum Gasteiger partial charge on any atom is -0.459 e. The molecule has 0 bridgehead atoms. The molecule has 33 heavy (non-hydrogen) atoms. The third kappa shape index (κ3) is 7.14. The summed E-state index contributed by atoms with van der Waals surface area (Å²) in [7, 11) is 0. The van der Waals surface area contributed by atoms with Crippen molar-refractivity contribution in [2.45, 2.75) is 19.6 Å². The van der Waals surface area contributed by atoms with E-state index in [2.05, 4.69) is 10.6 Å². The van der Waals surface area contributed by atoms with Crippen LogP contribution >= 0.6 is 0 Å². The van der Waals surface area contributed by atoms with E-state index >= 15 is 0 Å². The van der Waals surface area contributed by atoms with Crippen molar-refractivity contribution in [3.8, 4) is 0 Å². The Bertz CT molecular complexity index is 1130. The Hall–Kier alpha value is -4.26. The molecular formula is C26H23FN2O4. The molecule has 6 nitrogen and oxygen atoms in total. The van der Waals surface area contributed by atoms with E-state index in [1.807, 2.05) is 30.3 Å². The number of nitrogens with one attached hydrogen (secondary N) is 2. The monoisotopic (exact) mass is 446 g/mol. The normalized spacial score (nSPS) is 11.9. The second-order valence-electron chi connectivity index (χ2n) is 7.22. The molecule has 0 heterocycles. The molecule has 0 radical (unpaired) electrons. The van der Waals surface area contributed by atoms with Crippen LogP contribution in [-0.4, -0.2) is 23.8 Å². The smallest absolute Gasteiger partial charge is 0.328 e. The van der Waals surface area contributed by atoms with Gasteiger partial charge in [0, 0.05) is 5.56 Å². The number of halogens is 1. The van der Waals surface area contributed by atoms with Gasteiger partial charge in [0.1, 0.15) is 24.2 Å². The Morgan fingerprint density at radius 3 is 2.15 bits per heavy atom. The van der Waals surface area contributed by atoms with E-state index in [-0.39, 0.29) is 12.3 Å². The van der Waals surface area contributed by atoms with Gasteiger partial charge in [-0.3, -0.25) is 9.59 Å². The quantitative estimate of drug-likeness (QED) is 0.407. The predicted molar refractivity (Wildman–Crippen MR) is 122 cm³/mol. The fraction of sp³-hybridized carbons (Fsp3) is 0.115. The Balaban J connectivity index is 1.71. The highest BCUT2D eigenvalue weighted by Gasteiger charge is 2.21. The molecule has 3 aromatic rings. The highest BCUT2D eigenvalue weighted by molar-refractivity contribution is 6.06. The van der Waals surface area contributed by atoms with Crippen LogP contribution in [0.3, 0.4) is 0 Å².